The summed E-state index contributed by atoms with van der Waals surface area (Å²) < 4.78 is 25.6. The van der Waals surface area contributed by atoms with Crippen LogP contribution in [-0.2, 0) is 6.61 Å². The molecular formula is C24H21ClFN3O3. The number of amides is 1. The van der Waals surface area contributed by atoms with Crippen LogP contribution in [0.25, 0.3) is 11.1 Å². The number of benzene rings is 3. The van der Waals surface area contributed by atoms with Crippen molar-refractivity contribution in [3.63, 3.8) is 0 Å². The standard InChI is InChI=1S/C24H21ClFN3O3/c1-31-19-9-7-16(26)13-17(19)21-18(25)8-10-20(32-14-15-5-3-2-4-6-15)22(21)23(30)29-24-27-11-12-28-24/h2-10,13H,11-12,14H2,1H3,(H2,27,28,29,30). The molecule has 0 bridgehead atoms. The largest absolute Gasteiger partial charge is 0.496 e. The monoisotopic (exact) mass is 453 g/mol. The van der Waals surface area contributed by atoms with E-state index in [1.165, 1.54) is 25.3 Å². The summed E-state index contributed by atoms with van der Waals surface area (Å²) in [7, 11) is 1.47. The smallest absolute Gasteiger partial charge is 0.262 e. The zero-order valence-electron chi connectivity index (χ0n) is 17.3. The summed E-state index contributed by atoms with van der Waals surface area (Å²) in [6.07, 6.45) is 0. The molecule has 0 saturated heterocycles. The third-order valence-electron chi connectivity index (χ3n) is 4.92. The Morgan fingerprint density at radius 2 is 1.94 bits per heavy atom. The van der Waals surface area contributed by atoms with Crippen LogP contribution in [0.4, 0.5) is 4.39 Å². The number of halogens is 2. The van der Waals surface area contributed by atoms with Crippen molar-refractivity contribution in [1.82, 2.24) is 10.6 Å². The number of hydrogen-bond donors (Lipinski definition) is 2. The van der Waals surface area contributed by atoms with Crippen LogP contribution in [0.3, 0.4) is 0 Å². The number of nitrogens with zero attached hydrogens (tertiary/aromatic N) is 1. The molecule has 1 heterocycles. The van der Waals surface area contributed by atoms with E-state index in [-0.39, 0.29) is 17.2 Å². The number of aliphatic imine (C=N–C) groups is 1. The molecule has 0 saturated carbocycles. The van der Waals surface area contributed by atoms with Crippen LogP contribution >= 0.6 is 11.6 Å². The fourth-order valence-corrected chi connectivity index (χ4v) is 3.69. The highest BCUT2D eigenvalue weighted by Gasteiger charge is 2.25. The van der Waals surface area contributed by atoms with Gasteiger partial charge < -0.3 is 14.8 Å². The number of ether oxygens (including phenoxy) is 2. The maximum Gasteiger partial charge on any atom is 0.262 e. The van der Waals surface area contributed by atoms with Crippen molar-refractivity contribution in [2.75, 3.05) is 20.2 Å². The molecule has 0 aromatic heterocycles. The molecule has 4 rings (SSSR count). The van der Waals surface area contributed by atoms with E-state index in [2.05, 4.69) is 15.6 Å². The van der Waals surface area contributed by atoms with Crippen LogP contribution in [0.1, 0.15) is 15.9 Å². The molecular weight excluding hydrogens is 433 g/mol. The zero-order chi connectivity index (χ0) is 22.5. The van der Waals surface area contributed by atoms with Gasteiger partial charge in [-0.3, -0.25) is 15.1 Å². The fraction of sp³-hybridized carbons (Fsp3) is 0.167. The molecule has 3 aromatic rings. The topological polar surface area (TPSA) is 72.0 Å². The highest BCUT2D eigenvalue weighted by Crippen LogP contribution is 2.41. The minimum absolute atomic E-state index is 0.161. The van der Waals surface area contributed by atoms with E-state index in [9.17, 15) is 9.18 Å². The van der Waals surface area contributed by atoms with Crippen molar-refractivity contribution >= 4 is 23.5 Å². The normalized spacial score (nSPS) is 12.7. The van der Waals surface area contributed by atoms with Gasteiger partial charge in [0.25, 0.3) is 5.91 Å². The van der Waals surface area contributed by atoms with Gasteiger partial charge in [0.05, 0.1) is 19.2 Å². The minimum atomic E-state index is -0.485. The summed E-state index contributed by atoms with van der Waals surface area (Å²) in [6, 6.07) is 16.8. The summed E-state index contributed by atoms with van der Waals surface area (Å²) in [6.45, 7) is 1.43. The average molecular weight is 454 g/mol. The molecule has 6 nitrogen and oxygen atoms in total. The van der Waals surface area contributed by atoms with Gasteiger partial charge >= 0.3 is 0 Å². The summed E-state index contributed by atoms with van der Waals surface area (Å²) in [4.78, 5) is 17.6. The second-order valence-electron chi connectivity index (χ2n) is 7.03. The predicted octanol–water partition coefficient (Wildman–Crippen LogP) is 4.42. The van der Waals surface area contributed by atoms with Crippen LogP contribution in [0.2, 0.25) is 5.02 Å². The molecule has 32 heavy (non-hydrogen) atoms. The molecule has 8 heteroatoms. The Hall–Kier alpha value is -3.58. The summed E-state index contributed by atoms with van der Waals surface area (Å²) in [5, 5.41) is 6.01. The van der Waals surface area contributed by atoms with E-state index in [1.807, 2.05) is 30.3 Å². The number of methoxy groups -OCH3 is 1. The van der Waals surface area contributed by atoms with E-state index in [1.54, 1.807) is 12.1 Å². The first-order chi connectivity index (χ1) is 15.6. The molecule has 1 aliphatic rings. The van der Waals surface area contributed by atoms with Gasteiger partial charge in [-0.2, -0.15) is 0 Å². The van der Waals surface area contributed by atoms with Gasteiger partial charge in [0.2, 0.25) is 0 Å². The fourth-order valence-electron chi connectivity index (χ4n) is 3.43. The van der Waals surface area contributed by atoms with E-state index >= 15 is 0 Å². The second-order valence-corrected chi connectivity index (χ2v) is 7.43. The van der Waals surface area contributed by atoms with E-state index in [4.69, 9.17) is 21.1 Å². The van der Waals surface area contributed by atoms with Gasteiger partial charge in [-0.25, -0.2) is 4.39 Å². The Bertz CT molecular complexity index is 1170. The van der Waals surface area contributed by atoms with Crippen LogP contribution < -0.4 is 20.1 Å². The van der Waals surface area contributed by atoms with Crippen molar-refractivity contribution in [3.05, 3.63) is 82.6 Å². The molecule has 1 amide bonds. The number of carbonyl (C=O) groups excluding carboxylic acids is 1. The first-order valence-corrected chi connectivity index (χ1v) is 10.4. The molecule has 1 aliphatic heterocycles. The molecule has 0 spiro atoms. The average Bonchev–Trinajstić information content (AvgIpc) is 3.31. The van der Waals surface area contributed by atoms with Crippen molar-refractivity contribution in [1.29, 1.82) is 0 Å². The number of hydrogen-bond acceptors (Lipinski definition) is 5. The van der Waals surface area contributed by atoms with Crippen LogP contribution in [0, 0.1) is 5.82 Å². The maximum absolute atomic E-state index is 14.2. The molecule has 2 N–H and O–H groups in total. The molecule has 164 valence electrons. The van der Waals surface area contributed by atoms with Crippen LogP contribution in [0.5, 0.6) is 11.5 Å². The molecule has 0 atom stereocenters. The first kappa shape index (κ1) is 21.6. The summed E-state index contributed by atoms with van der Waals surface area (Å²) >= 11 is 6.54. The van der Waals surface area contributed by atoms with Gasteiger partial charge in [0, 0.05) is 22.7 Å². The lowest BCUT2D eigenvalue weighted by Crippen LogP contribution is -2.38. The zero-order valence-corrected chi connectivity index (χ0v) is 18.1. The van der Waals surface area contributed by atoms with Gasteiger partial charge in [0.1, 0.15) is 23.9 Å². The highest BCUT2D eigenvalue weighted by molar-refractivity contribution is 6.34. The maximum atomic E-state index is 14.2. The Morgan fingerprint density at radius 3 is 2.66 bits per heavy atom. The molecule has 0 radical (unpaired) electrons. The number of carbonyl (C=O) groups is 1. The van der Waals surface area contributed by atoms with Gasteiger partial charge in [-0.1, -0.05) is 41.9 Å². The Balaban J connectivity index is 1.82. The highest BCUT2D eigenvalue weighted by atomic mass is 35.5. The Kier molecular flexibility index (Phi) is 6.56. The van der Waals surface area contributed by atoms with E-state index in [0.717, 1.165) is 5.56 Å². The summed E-state index contributed by atoms with van der Waals surface area (Å²) in [5.41, 5.74) is 1.74. The molecule has 0 aliphatic carbocycles. The number of rotatable bonds is 6. The van der Waals surface area contributed by atoms with E-state index < -0.39 is 11.7 Å². The second kappa shape index (κ2) is 9.70. The quantitative estimate of drug-likeness (QED) is 0.579. The Labute approximate surface area is 190 Å². The minimum Gasteiger partial charge on any atom is -0.496 e. The predicted molar refractivity (Wildman–Crippen MR) is 122 cm³/mol. The SMILES string of the molecule is COc1ccc(F)cc1-c1c(Cl)ccc(OCc2ccccc2)c1C(=O)NC1=NCCN1. The lowest BCUT2D eigenvalue weighted by Gasteiger charge is -2.19. The van der Waals surface area contributed by atoms with Crippen molar-refractivity contribution in [2.45, 2.75) is 6.61 Å². The van der Waals surface area contributed by atoms with Crippen LogP contribution in [-0.4, -0.2) is 32.1 Å². The van der Waals surface area contributed by atoms with Gasteiger partial charge in [-0.05, 0) is 35.9 Å². The van der Waals surface area contributed by atoms with Crippen molar-refractivity contribution in [3.8, 4) is 22.6 Å². The first-order valence-electron chi connectivity index (χ1n) is 9.99. The Morgan fingerprint density at radius 1 is 1.16 bits per heavy atom. The van der Waals surface area contributed by atoms with Crippen molar-refractivity contribution < 1.29 is 18.7 Å². The van der Waals surface area contributed by atoms with Gasteiger partial charge in [-0.15, -0.1) is 0 Å². The van der Waals surface area contributed by atoms with Gasteiger partial charge in [0.15, 0.2) is 5.96 Å². The van der Waals surface area contributed by atoms with Crippen LogP contribution in [0.15, 0.2) is 65.7 Å². The van der Waals surface area contributed by atoms with E-state index in [0.29, 0.717) is 41.7 Å². The lowest BCUT2D eigenvalue weighted by molar-refractivity contribution is 0.0972. The number of nitrogens with one attached hydrogen (secondary N) is 2. The third-order valence-corrected chi connectivity index (χ3v) is 5.23. The molecule has 3 aromatic carbocycles. The third kappa shape index (κ3) is 4.68. The van der Waals surface area contributed by atoms with Crippen molar-refractivity contribution in [2.24, 2.45) is 4.99 Å². The molecule has 0 unspecified atom stereocenters. The summed E-state index contributed by atoms with van der Waals surface area (Å²) in [5.74, 6) is 0.0707. The lowest BCUT2D eigenvalue weighted by atomic mass is 9.97. The molecule has 0 fully saturated rings. The number of guanidine groups is 1.